The molecule has 1 aromatic rings. The second kappa shape index (κ2) is 5.72. The molecule has 74 valence electrons. The summed E-state index contributed by atoms with van der Waals surface area (Å²) in [6.45, 7) is 4.32. The van der Waals surface area contributed by atoms with Crippen molar-refractivity contribution >= 4 is 18.0 Å². The van der Waals surface area contributed by atoms with Crippen molar-refractivity contribution in [2.24, 2.45) is 5.73 Å². The summed E-state index contributed by atoms with van der Waals surface area (Å²) in [5.74, 6) is 1.12. The van der Waals surface area contributed by atoms with Gasteiger partial charge in [-0.1, -0.05) is 18.2 Å². The molecular formula is C8H14ClN3O. The zero-order valence-electron chi connectivity index (χ0n) is 7.78. The number of nitrogens with zero attached hydrogens (tertiary/aromatic N) is 2. The molecule has 13 heavy (non-hydrogen) atoms. The quantitative estimate of drug-likeness (QED) is 0.813. The van der Waals surface area contributed by atoms with Crippen LogP contribution in [0.1, 0.15) is 32.0 Å². The molecule has 0 aliphatic heterocycles. The SMILES string of the molecule is CC/C=C(/C)c1nc(CN)no1.Cl. The molecule has 0 unspecified atom stereocenters. The number of hydrogen-bond donors (Lipinski definition) is 1. The average molecular weight is 204 g/mol. The van der Waals surface area contributed by atoms with Crippen molar-refractivity contribution in [3.8, 4) is 0 Å². The smallest absolute Gasteiger partial charge is 0.253 e. The van der Waals surface area contributed by atoms with Gasteiger partial charge in [0.1, 0.15) is 0 Å². The second-order valence-corrected chi connectivity index (χ2v) is 2.52. The molecule has 0 saturated carbocycles. The molecule has 0 saturated heterocycles. The molecule has 0 fully saturated rings. The van der Waals surface area contributed by atoms with Gasteiger partial charge in [-0.2, -0.15) is 4.98 Å². The Labute approximate surface area is 83.6 Å². The Bertz CT molecular complexity index is 283. The molecule has 1 heterocycles. The van der Waals surface area contributed by atoms with Crippen molar-refractivity contribution in [3.05, 3.63) is 17.8 Å². The van der Waals surface area contributed by atoms with Gasteiger partial charge in [0.05, 0.1) is 6.54 Å². The van der Waals surface area contributed by atoms with E-state index in [0.29, 0.717) is 18.3 Å². The molecule has 2 N–H and O–H groups in total. The molecule has 0 aromatic carbocycles. The Hall–Kier alpha value is -0.870. The van der Waals surface area contributed by atoms with Crippen LogP contribution in [0.4, 0.5) is 0 Å². The van der Waals surface area contributed by atoms with Crippen LogP contribution < -0.4 is 5.73 Å². The minimum absolute atomic E-state index is 0. The third-order valence-corrected chi connectivity index (χ3v) is 1.50. The number of nitrogens with two attached hydrogens (primary N) is 1. The highest BCUT2D eigenvalue weighted by molar-refractivity contribution is 5.85. The number of aromatic nitrogens is 2. The number of halogens is 1. The summed E-state index contributed by atoms with van der Waals surface area (Å²) >= 11 is 0. The second-order valence-electron chi connectivity index (χ2n) is 2.52. The average Bonchev–Trinajstić information content (AvgIpc) is 2.52. The number of allylic oxidation sites excluding steroid dienone is 2. The first-order valence-electron chi connectivity index (χ1n) is 3.97. The summed E-state index contributed by atoms with van der Waals surface area (Å²) in [6.07, 6.45) is 3.00. The van der Waals surface area contributed by atoms with Gasteiger partial charge < -0.3 is 10.3 Å². The molecule has 1 rings (SSSR count). The molecule has 0 atom stereocenters. The van der Waals surface area contributed by atoms with Crippen LogP contribution in [0.5, 0.6) is 0 Å². The molecule has 0 amide bonds. The van der Waals surface area contributed by atoms with Gasteiger partial charge in [-0.15, -0.1) is 12.4 Å². The molecule has 0 bridgehead atoms. The Balaban J connectivity index is 0.00000144. The third-order valence-electron chi connectivity index (χ3n) is 1.50. The van der Waals surface area contributed by atoms with Crippen LogP contribution in [-0.2, 0) is 6.54 Å². The van der Waals surface area contributed by atoms with Crippen molar-refractivity contribution in [3.63, 3.8) is 0 Å². The summed E-state index contributed by atoms with van der Waals surface area (Å²) < 4.78 is 4.96. The van der Waals surface area contributed by atoms with Gasteiger partial charge in [-0.05, 0) is 13.3 Å². The normalized spacial score (nSPS) is 11.2. The first-order chi connectivity index (χ1) is 5.77. The maximum absolute atomic E-state index is 5.33. The van der Waals surface area contributed by atoms with Crippen LogP contribution >= 0.6 is 12.4 Å². The van der Waals surface area contributed by atoms with Crippen LogP contribution in [0.2, 0.25) is 0 Å². The maximum atomic E-state index is 5.33. The minimum Gasteiger partial charge on any atom is -0.334 e. The first-order valence-corrected chi connectivity index (χ1v) is 3.97. The topological polar surface area (TPSA) is 64.9 Å². The Kier molecular flexibility index (Phi) is 5.34. The lowest BCUT2D eigenvalue weighted by Gasteiger charge is -1.89. The fraction of sp³-hybridized carbons (Fsp3) is 0.500. The predicted octanol–water partition coefficient (Wildman–Crippen LogP) is 1.76. The Morgan fingerprint density at radius 2 is 2.31 bits per heavy atom. The van der Waals surface area contributed by atoms with Crippen LogP contribution in [0.3, 0.4) is 0 Å². The van der Waals surface area contributed by atoms with Crippen LogP contribution in [0.15, 0.2) is 10.6 Å². The van der Waals surface area contributed by atoms with E-state index in [1.165, 1.54) is 0 Å². The lowest BCUT2D eigenvalue weighted by molar-refractivity contribution is 0.400. The van der Waals surface area contributed by atoms with E-state index in [2.05, 4.69) is 17.1 Å². The highest BCUT2D eigenvalue weighted by Gasteiger charge is 2.04. The van der Waals surface area contributed by atoms with E-state index >= 15 is 0 Å². The largest absolute Gasteiger partial charge is 0.334 e. The molecule has 5 heteroatoms. The van der Waals surface area contributed by atoms with Gasteiger partial charge in [0.15, 0.2) is 5.82 Å². The lowest BCUT2D eigenvalue weighted by Crippen LogP contribution is -1.97. The van der Waals surface area contributed by atoms with Gasteiger partial charge in [0.2, 0.25) is 0 Å². The zero-order chi connectivity index (χ0) is 8.97. The van der Waals surface area contributed by atoms with E-state index in [1.807, 2.05) is 13.0 Å². The highest BCUT2D eigenvalue weighted by atomic mass is 35.5. The van der Waals surface area contributed by atoms with Crippen molar-refractivity contribution in [1.82, 2.24) is 10.1 Å². The minimum atomic E-state index is 0. The van der Waals surface area contributed by atoms with E-state index in [4.69, 9.17) is 10.3 Å². The van der Waals surface area contributed by atoms with Crippen LogP contribution in [0.25, 0.3) is 5.57 Å². The van der Waals surface area contributed by atoms with E-state index in [1.54, 1.807) is 0 Å². The third kappa shape index (κ3) is 3.16. The van der Waals surface area contributed by atoms with Crippen molar-refractivity contribution in [1.29, 1.82) is 0 Å². The summed E-state index contributed by atoms with van der Waals surface area (Å²) in [6, 6.07) is 0. The van der Waals surface area contributed by atoms with Crippen molar-refractivity contribution in [2.45, 2.75) is 26.8 Å². The maximum Gasteiger partial charge on any atom is 0.253 e. The summed E-state index contributed by atoms with van der Waals surface area (Å²) in [4.78, 5) is 4.08. The van der Waals surface area contributed by atoms with E-state index < -0.39 is 0 Å². The molecular weight excluding hydrogens is 190 g/mol. The van der Waals surface area contributed by atoms with Crippen molar-refractivity contribution < 1.29 is 4.52 Å². The predicted molar refractivity (Wildman–Crippen MR) is 53.4 cm³/mol. The standard InChI is InChI=1S/C8H13N3O.ClH/c1-3-4-6(2)8-10-7(5-9)11-12-8;/h4H,3,5,9H2,1-2H3;1H/b6-4-;. The van der Waals surface area contributed by atoms with E-state index in [9.17, 15) is 0 Å². The van der Waals surface area contributed by atoms with E-state index in [0.717, 1.165) is 12.0 Å². The van der Waals surface area contributed by atoms with Gasteiger partial charge in [-0.3, -0.25) is 0 Å². The summed E-state index contributed by atoms with van der Waals surface area (Å²) in [5, 5.41) is 3.69. The molecule has 0 aliphatic rings. The highest BCUT2D eigenvalue weighted by Crippen LogP contribution is 2.10. The van der Waals surface area contributed by atoms with Crippen molar-refractivity contribution in [2.75, 3.05) is 0 Å². The fourth-order valence-electron chi connectivity index (χ4n) is 0.891. The van der Waals surface area contributed by atoms with Crippen LogP contribution in [-0.4, -0.2) is 10.1 Å². The summed E-state index contributed by atoms with van der Waals surface area (Å²) in [7, 11) is 0. The number of hydrogen-bond acceptors (Lipinski definition) is 4. The monoisotopic (exact) mass is 203 g/mol. The van der Waals surface area contributed by atoms with Gasteiger partial charge in [0.25, 0.3) is 5.89 Å². The van der Waals surface area contributed by atoms with Gasteiger partial charge >= 0.3 is 0 Å². The van der Waals surface area contributed by atoms with Gasteiger partial charge in [-0.25, -0.2) is 0 Å². The Morgan fingerprint density at radius 3 is 2.77 bits per heavy atom. The Morgan fingerprint density at radius 1 is 1.62 bits per heavy atom. The van der Waals surface area contributed by atoms with E-state index in [-0.39, 0.29) is 12.4 Å². The first kappa shape index (κ1) is 12.1. The summed E-state index contributed by atoms with van der Waals surface area (Å²) in [5.41, 5.74) is 6.34. The van der Waals surface area contributed by atoms with Crippen LogP contribution in [0, 0.1) is 0 Å². The molecule has 4 nitrogen and oxygen atoms in total. The fourth-order valence-corrected chi connectivity index (χ4v) is 0.891. The molecule has 0 aliphatic carbocycles. The molecule has 1 aromatic heterocycles. The lowest BCUT2D eigenvalue weighted by atomic mass is 10.2. The molecule has 0 radical (unpaired) electrons. The van der Waals surface area contributed by atoms with Gasteiger partial charge in [0, 0.05) is 5.57 Å². The molecule has 0 spiro atoms. The zero-order valence-corrected chi connectivity index (χ0v) is 8.60. The number of rotatable bonds is 3.